The quantitative estimate of drug-likeness (QED) is 0.0362. The van der Waals surface area contributed by atoms with Gasteiger partial charge in [0.15, 0.2) is 76.0 Å². The summed E-state index contributed by atoms with van der Waals surface area (Å²) in [5, 5.41) is 0.588. The zero-order valence-corrected chi connectivity index (χ0v) is 33.1. The molecule has 0 N–H and O–H groups in total. The molecule has 4 nitrogen and oxygen atoms in total. The average Bonchev–Trinajstić information content (AvgIpc) is 3.32. The maximum absolute atomic E-state index is 15.4. The lowest BCUT2D eigenvalue weighted by molar-refractivity contribution is -0.683. The van der Waals surface area contributed by atoms with E-state index in [9.17, 15) is 57.5 Å². The van der Waals surface area contributed by atoms with Crippen LogP contribution < -0.4 is 31.2 Å². The molecule has 0 spiro atoms. The molecule has 0 aliphatic rings. The molecule has 0 atom stereocenters. The van der Waals surface area contributed by atoms with Crippen LogP contribution in [0.25, 0.3) is 0 Å². The molecule has 7 aromatic rings. The summed E-state index contributed by atoms with van der Waals surface area (Å²) in [5.41, 5.74) is -13.7. The number of carbonyl (C=O) groups is 1. The largest absolute Gasteiger partial charge is 0.434 e. The predicted molar refractivity (Wildman–Crippen MR) is 196 cm³/mol. The molecular weight excluding hydrogens is 991 g/mol. The monoisotopic (exact) mass is 1000 g/mol. The standard InChI is InChI=1S/C24BF20.C18H14ClN2O2/c26-5-1(6(27)14(35)21(42)13(5)34)25(2-7(28)15(36)22(43)16(37)8(2)29,3-9(30)17(38)23(44)18(39)10(3)31)4-11(32)19(40)24(45)20(41)12(4)33;19-15-7-4-8-16(11-15)23-18-13-21(10-9-20-18)12-17(22)14-5-2-1-3-6-14/h;1-11,13H,12H2/q-1;+1. The second-order valence-corrected chi connectivity index (χ2v) is 14.2. The summed E-state index contributed by atoms with van der Waals surface area (Å²) in [6, 6.07) is 16.2. The third-order valence-corrected chi connectivity index (χ3v) is 10.1. The van der Waals surface area contributed by atoms with Crippen LogP contribution in [0.15, 0.2) is 73.2 Å². The minimum Gasteiger partial charge on any atom is -0.434 e. The van der Waals surface area contributed by atoms with Crippen molar-refractivity contribution in [2.75, 3.05) is 0 Å². The van der Waals surface area contributed by atoms with Crippen LogP contribution in [-0.2, 0) is 6.54 Å². The van der Waals surface area contributed by atoms with Crippen molar-refractivity contribution in [2.45, 2.75) is 6.54 Å². The van der Waals surface area contributed by atoms with E-state index in [2.05, 4.69) is 4.98 Å². The van der Waals surface area contributed by atoms with E-state index in [0.717, 1.165) is 0 Å². The Hall–Kier alpha value is -7.18. The highest BCUT2D eigenvalue weighted by molar-refractivity contribution is 7.20. The number of ether oxygens (including phenoxy) is 1. The van der Waals surface area contributed by atoms with Gasteiger partial charge in [-0.3, -0.25) is 4.79 Å². The van der Waals surface area contributed by atoms with Gasteiger partial charge in [-0.05, 0) is 18.2 Å². The van der Waals surface area contributed by atoms with Gasteiger partial charge in [0.25, 0.3) is 5.88 Å². The molecular formula is C42H14BClF20N2O2. The fraction of sp³-hybridized carbons (Fsp3) is 0.0238. The maximum atomic E-state index is 15.4. The van der Waals surface area contributed by atoms with Gasteiger partial charge in [0.2, 0.25) is 18.5 Å². The predicted octanol–water partition coefficient (Wildman–Crippen LogP) is 9.54. The first-order valence-corrected chi connectivity index (χ1v) is 18.4. The molecule has 1 heterocycles. The topological polar surface area (TPSA) is 43.1 Å². The van der Waals surface area contributed by atoms with E-state index in [-0.39, 0.29) is 12.3 Å². The first-order valence-electron chi connectivity index (χ1n) is 18.0. The molecule has 0 radical (unpaired) electrons. The lowest BCUT2D eigenvalue weighted by Crippen LogP contribution is -2.81. The molecule has 0 amide bonds. The number of rotatable bonds is 9. The molecule has 0 saturated carbocycles. The summed E-state index contributed by atoms with van der Waals surface area (Å²) in [4.78, 5) is 16.4. The van der Waals surface area contributed by atoms with Crippen molar-refractivity contribution < 1.29 is 102 Å². The number of aromatic nitrogens is 2. The molecule has 354 valence electrons. The van der Waals surface area contributed by atoms with Gasteiger partial charge < -0.3 is 4.74 Å². The van der Waals surface area contributed by atoms with Crippen LogP contribution in [0.4, 0.5) is 87.8 Å². The fourth-order valence-electron chi connectivity index (χ4n) is 6.97. The third-order valence-electron chi connectivity index (χ3n) is 9.88. The molecule has 0 unspecified atom stereocenters. The Balaban J connectivity index is 0.000000276. The highest BCUT2D eigenvalue weighted by Gasteiger charge is 2.52. The highest BCUT2D eigenvalue weighted by Crippen LogP contribution is 2.31. The van der Waals surface area contributed by atoms with Gasteiger partial charge in [-0.25, -0.2) is 92.8 Å². The Morgan fingerprint density at radius 2 is 0.809 bits per heavy atom. The number of halogens is 21. The van der Waals surface area contributed by atoms with Crippen molar-refractivity contribution >= 4 is 45.4 Å². The number of nitrogens with zero attached hydrogens (tertiary/aromatic N) is 2. The molecule has 0 aliphatic carbocycles. The molecule has 7 rings (SSSR count). The fourth-order valence-corrected chi connectivity index (χ4v) is 7.15. The van der Waals surface area contributed by atoms with E-state index in [0.29, 0.717) is 22.2 Å². The number of benzene rings is 6. The van der Waals surface area contributed by atoms with E-state index in [1.54, 1.807) is 59.6 Å². The van der Waals surface area contributed by atoms with Crippen LogP contribution in [-0.4, -0.2) is 16.9 Å². The Morgan fingerprint density at radius 1 is 0.471 bits per heavy atom. The van der Waals surface area contributed by atoms with Crippen molar-refractivity contribution in [1.29, 1.82) is 0 Å². The van der Waals surface area contributed by atoms with Gasteiger partial charge >= 0.3 is 0 Å². The van der Waals surface area contributed by atoms with Crippen LogP contribution in [0, 0.1) is 116 Å². The summed E-state index contributed by atoms with van der Waals surface area (Å²) >= 11 is 5.93. The second kappa shape index (κ2) is 19.2. The Kier molecular flexibility index (Phi) is 14.2. The van der Waals surface area contributed by atoms with Crippen LogP contribution in [0.2, 0.25) is 5.02 Å². The molecule has 0 fully saturated rings. The molecule has 0 bridgehead atoms. The number of hydrogen-bond donors (Lipinski definition) is 0. The van der Waals surface area contributed by atoms with Gasteiger partial charge in [-0.2, -0.15) is 4.57 Å². The van der Waals surface area contributed by atoms with Crippen LogP contribution in [0.1, 0.15) is 10.4 Å². The molecule has 26 heteroatoms. The number of ketones is 1. The summed E-state index contributed by atoms with van der Waals surface area (Å²) in [7, 11) is 0. The first kappa shape index (κ1) is 50.2. The zero-order valence-electron chi connectivity index (χ0n) is 32.4. The normalized spacial score (nSPS) is 11.4. The average molecular weight is 1000 g/mol. The van der Waals surface area contributed by atoms with E-state index in [4.69, 9.17) is 16.3 Å². The van der Waals surface area contributed by atoms with Gasteiger partial charge in [-0.15, -0.1) is 21.9 Å². The summed E-state index contributed by atoms with van der Waals surface area (Å²) in [6.45, 7) is 0.221. The van der Waals surface area contributed by atoms with E-state index in [1.807, 2.05) is 18.2 Å². The number of hydrogen-bond acceptors (Lipinski definition) is 3. The highest BCUT2D eigenvalue weighted by atomic mass is 35.5. The van der Waals surface area contributed by atoms with Gasteiger partial charge in [0, 0.05) is 10.6 Å². The maximum Gasteiger partial charge on any atom is 0.285 e. The zero-order chi connectivity index (χ0) is 50.4. The molecule has 68 heavy (non-hydrogen) atoms. The van der Waals surface area contributed by atoms with Gasteiger partial charge in [0.05, 0.1) is 6.20 Å². The number of Topliss-reactive ketones (excluding diaryl/α,β-unsaturated/α-hetero) is 1. The summed E-state index contributed by atoms with van der Waals surface area (Å²) in [6.07, 6.45) is -2.21. The Morgan fingerprint density at radius 3 is 1.15 bits per heavy atom. The van der Waals surface area contributed by atoms with Crippen molar-refractivity contribution in [1.82, 2.24) is 4.98 Å². The van der Waals surface area contributed by atoms with Gasteiger partial charge in [0.1, 0.15) is 58.4 Å². The summed E-state index contributed by atoms with van der Waals surface area (Å²) < 4.78 is 301. The molecule has 1 aromatic heterocycles. The second-order valence-electron chi connectivity index (χ2n) is 13.7. The lowest BCUT2D eigenvalue weighted by atomic mass is 9.12. The van der Waals surface area contributed by atoms with Crippen molar-refractivity contribution in [3.05, 3.63) is 200 Å². The van der Waals surface area contributed by atoms with Crippen LogP contribution >= 0.6 is 11.6 Å². The lowest BCUT2D eigenvalue weighted by Gasteiger charge is -2.44. The molecule has 0 saturated heterocycles. The van der Waals surface area contributed by atoms with E-state index in [1.165, 1.54) is 0 Å². The summed E-state index contributed by atoms with van der Waals surface area (Å²) in [5.74, 6) is -70.4. The Bertz CT molecular complexity index is 2800. The molecule has 0 aliphatic heterocycles. The van der Waals surface area contributed by atoms with Crippen LogP contribution in [0.3, 0.4) is 0 Å². The van der Waals surface area contributed by atoms with E-state index >= 15 is 35.1 Å². The SMILES string of the molecule is Fc1c(F)c(F)c([B-](c2c(F)c(F)c(F)c(F)c2F)(c2c(F)c(F)c(F)c(F)c2F)c2c(F)c(F)c(F)c(F)c2F)c(F)c1F.O=C(C[n+]1ccnc(Oc2cccc(Cl)c2)c1)c1ccccc1. The van der Waals surface area contributed by atoms with Gasteiger partial charge in [-0.1, -0.05) is 48.0 Å². The van der Waals surface area contributed by atoms with Crippen molar-refractivity contribution in [2.24, 2.45) is 0 Å². The minimum atomic E-state index is -7.22. The van der Waals surface area contributed by atoms with Crippen molar-refractivity contribution in [3.63, 3.8) is 0 Å². The minimum absolute atomic E-state index is 0.0236. The number of carbonyl (C=O) groups excluding carboxylic acids is 1. The Labute approximate surface area is 370 Å². The first-order chi connectivity index (χ1) is 31.9. The third kappa shape index (κ3) is 8.42. The smallest absolute Gasteiger partial charge is 0.285 e. The molecule has 6 aromatic carbocycles. The van der Waals surface area contributed by atoms with Crippen LogP contribution in [0.5, 0.6) is 11.6 Å². The van der Waals surface area contributed by atoms with E-state index < -0.39 is 144 Å². The van der Waals surface area contributed by atoms with Crippen molar-refractivity contribution in [3.8, 4) is 11.6 Å².